The molecule has 1 aliphatic rings. The topological polar surface area (TPSA) is 34.0 Å². The predicted molar refractivity (Wildman–Crippen MR) is 95.1 cm³/mol. The number of nitrogens with zero attached hydrogens (tertiary/aromatic N) is 1. The van der Waals surface area contributed by atoms with Crippen molar-refractivity contribution in [2.45, 2.75) is 18.9 Å². The number of methoxy groups -OCH3 is 1. The normalized spacial score (nSPS) is 21.4. The van der Waals surface area contributed by atoms with E-state index in [1.807, 2.05) is 30.1 Å². The van der Waals surface area contributed by atoms with E-state index in [2.05, 4.69) is 7.05 Å². The minimum atomic E-state index is 0.0275. The molecule has 1 fully saturated rings. The summed E-state index contributed by atoms with van der Waals surface area (Å²) in [6.45, 7) is 2.22. The van der Waals surface area contributed by atoms with Gasteiger partial charge in [-0.2, -0.15) is 0 Å². The van der Waals surface area contributed by atoms with Crippen LogP contribution in [0.5, 0.6) is 5.75 Å². The Bertz CT molecular complexity index is 723. The van der Waals surface area contributed by atoms with Gasteiger partial charge in [-0.3, -0.25) is 4.79 Å². The van der Waals surface area contributed by atoms with Crippen LogP contribution in [-0.4, -0.2) is 51.1 Å². The van der Waals surface area contributed by atoms with Gasteiger partial charge in [0.1, 0.15) is 10.6 Å². The van der Waals surface area contributed by atoms with Gasteiger partial charge in [-0.1, -0.05) is 11.6 Å². The first kappa shape index (κ1) is 16.6. The van der Waals surface area contributed by atoms with Crippen molar-refractivity contribution in [3.8, 4) is 5.75 Å². The maximum atomic E-state index is 12.9. The summed E-state index contributed by atoms with van der Waals surface area (Å²) < 4.78 is 6.24. The van der Waals surface area contributed by atoms with E-state index >= 15 is 0 Å². The number of hydrogen-bond donors (Lipinski definition) is 1. The Morgan fingerprint density at radius 2 is 2.09 bits per heavy atom. The zero-order valence-corrected chi connectivity index (χ0v) is 15.3. The smallest absolute Gasteiger partial charge is 0.265 e. The molecule has 0 spiro atoms. The fourth-order valence-corrected chi connectivity index (χ4v) is 4.64. The summed E-state index contributed by atoms with van der Waals surface area (Å²) in [7, 11) is 5.74. The van der Waals surface area contributed by atoms with Gasteiger partial charge in [0.25, 0.3) is 5.91 Å². The molecule has 6 heteroatoms. The van der Waals surface area contributed by atoms with E-state index in [4.69, 9.17) is 16.3 Å². The summed E-state index contributed by atoms with van der Waals surface area (Å²) in [5.74, 6) is 0.806. The van der Waals surface area contributed by atoms with Gasteiger partial charge in [-0.05, 0) is 18.2 Å². The number of halogens is 1. The van der Waals surface area contributed by atoms with Crippen molar-refractivity contribution in [3.63, 3.8) is 0 Å². The fraction of sp³-hybridized carbons (Fsp3) is 0.471. The Morgan fingerprint density at radius 1 is 1.39 bits per heavy atom. The number of quaternary nitrogens is 1. The maximum Gasteiger partial charge on any atom is 0.265 e. The average Bonchev–Trinajstić information content (AvgIpc) is 2.90. The van der Waals surface area contributed by atoms with Gasteiger partial charge in [0, 0.05) is 36.0 Å². The monoisotopic (exact) mass is 353 g/mol. The number of rotatable bonds is 3. The lowest BCUT2D eigenvalue weighted by Crippen LogP contribution is -3.10. The molecule has 2 heterocycles. The molecule has 3 rings (SSSR count). The van der Waals surface area contributed by atoms with Crippen LogP contribution < -0.4 is 9.64 Å². The van der Waals surface area contributed by atoms with Gasteiger partial charge >= 0.3 is 0 Å². The van der Waals surface area contributed by atoms with Gasteiger partial charge < -0.3 is 14.5 Å². The minimum absolute atomic E-state index is 0.0275. The molecule has 0 bridgehead atoms. The third-order valence-corrected chi connectivity index (χ3v) is 6.35. The Hall–Kier alpha value is -1.30. The van der Waals surface area contributed by atoms with Crippen LogP contribution in [0.15, 0.2) is 18.2 Å². The van der Waals surface area contributed by atoms with E-state index in [-0.39, 0.29) is 5.91 Å². The van der Waals surface area contributed by atoms with E-state index in [9.17, 15) is 4.79 Å². The summed E-state index contributed by atoms with van der Waals surface area (Å²) in [5.41, 5.74) is 0. The highest BCUT2D eigenvalue weighted by Crippen LogP contribution is 2.38. The summed E-state index contributed by atoms with van der Waals surface area (Å²) in [6.07, 6.45) is 2.09. The summed E-state index contributed by atoms with van der Waals surface area (Å²) in [5, 5.41) is 1.48. The predicted octanol–water partition coefficient (Wildman–Crippen LogP) is 2.31. The summed E-state index contributed by atoms with van der Waals surface area (Å²) in [6, 6.07) is 6.03. The SMILES string of the molecule is COc1ccc2c(Cl)c(C(=O)N(C)C3CC[NH+](C)CC3)sc2c1. The van der Waals surface area contributed by atoms with Crippen molar-refractivity contribution < 1.29 is 14.4 Å². The second kappa shape index (κ2) is 6.67. The maximum absolute atomic E-state index is 12.9. The third-order valence-electron chi connectivity index (χ3n) is 4.71. The number of piperidine rings is 1. The highest BCUT2D eigenvalue weighted by atomic mass is 35.5. The Balaban J connectivity index is 1.86. The van der Waals surface area contributed by atoms with E-state index < -0.39 is 0 Å². The van der Waals surface area contributed by atoms with Crippen LogP contribution in [0, 0.1) is 0 Å². The second-order valence-corrected chi connectivity index (χ2v) is 7.64. The van der Waals surface area contributed by atoms with Gasteiger partial charge in [0.15, 0.2) is 0 Å². The number of carbonyl (C=O) groups excluding carboxylic acids is 1. The van der Waals surface area contributed by atoms with Crippen molar-refractivity contribution in [3.05, 3.63) is 28.1 Å². The molecule has 2 aromatic rings. The van der Waals surface area contributed by atoms with E-state index in [0.29, 0.717) is 15.9 Å². The number of amides is 1. The van der Waals surface area contributed by atoms with Gasteiger partial charge in [0.2, 0.25) is 0 Å². The number of ether oxygens (including phenoxy) is 1. The van der Waals surface area contributed by atoms with Crippen LogP contribution in [0.1, 0.15) is 22.5 Å². The molecule has 23 heavy (non-hydrogen) atoms. The molecule has 0 atom stereocenters. The number of thiophene rings is 1. The number of likely N-dealkylation sites (tertiary alicyclic amines) is 1. The molecular weight excluding hydrogens is 332 g/mol. The van der Waals surface area contributed by atoms with E-state index in [1.165, 1.54) is 16.2 Å². The quantitative estimate of drug-likeness (QED) is 0.918. The van der Waals surface area contributed by atoms with Crippen molar-refractivity contribution in [2.75, 3.05) is 34.3 Å². The van der Waals surface area contributed by atoms with E-state index in [1.54, 1.807) is 7.11 Å². The molecule has 124 valence electrons. The highest BCUT2D eigenvalue weighted by Gasteiger charge is 2.29. The minimum Gasteiger partial charge on any atom is -0.497 e. The Labute approximate surface area is 145 Å². The van der Waals surface area contributed by atoms with E-state index in [0.717, 1.165) is 41.8 Å². The van der Waals surface area contributed by atoms with Crippen molar-refractivity contribution in [1.29, 1.82) is 0 Å². The molecule has 0 saturated carbocycles. The molecule has 1 aromatic carbocycles. The first-order valence-corrected chi connectivity index (χ1v) is 9.05. The van der Waals surface area contributed by atoms with Gasteiger partial charge in [-0.15, -0.1) is 11.3 Å². The number of nitrogens with one attached hydrogen (secondary N) is 1. The van der Waals surface area contributed by atoms with Crippen LogP contribution in [0.3, 0.4) is 0 Å². The third kappa shape index (κ3) is 3.18. The molecule has 0 aliphatic carbocycles. The molecular formula is C17H22ClN2O2S+. The zero-order chi connectivity index (χ0) is 16.6. The summed E-state index contributed by atoms with van der Waals surface area (Å²) in [4.78, 5) is 16.9. The Kier molecular flexibility index (Phi) is 4.80. The van der Waals surface area contributed by atoms with Gasteiger partial charge in [-0.25, -0.2) is 0 Å². The number of benzene rings is 1. The first-order valence-electron chi connectivity index (χ1n) is 7.85. The van der Waals surface area contributed by atoms with Gasteiger partial charge in [0.05, 0.1) is 32.3 Å². The van der Waals surface area contributed by atoms with Crippen LogP contribution >= 0.6 is 22.9 Å². The lowest BCUT2D eigenvalue weighted by molar-refractivity contribution is -0.885. The van der Waals surface area contributed by atoms with Crippen molar-refractivity contribution in [2.24, 2.45) is 0 Å². The Morgan fingerprint density at radius 3 is 2.74 bits per heavy atom. The molecule has 1 amide bonds. The molecule has 1 aliphatic heterocycles. The molecule has 4 nitrogen and oxygen atoms in total. The molecule has 1 saturated heterocycles. The summed E-state index contributed by atoms with van der Waals surface area (Å²) >= 11 is 7.92. The average molecular weight is 354 g/mol. The first-order chi connectivity index (χ1) is 11.0. The van der Waals surface area contributed by atoms with Crippen LogP contribution in [0.25, 0.3) is 10.1 Å². The van der Waals surface area contributed by atoms with Crippen LogP contribution in [0.2, 0.25) is 5.02 Å². The highest BCUT2D eigenvalue weighted by molar-refractivity contribution is 7.21. The molecule has 1 aromatic heterocycles. The number of fused-ring (bicyclic) bond motifs is 1. The fourth-order valence-electron chi connectivity index (χ4n) is 3.12. The molecule has 0 unspecified atom stereocenters. The number of hydrogen-bond acceptors (Lipinski definition) is 3. The second-order valence-electron chi connectivity index (χ2n) is 6.21. The number of carbonyl (C=O) groups is 1. The molecule has 1 N–H and O–H groups in total. The lowest BCUT2D eigenvalue weighted by atomic mass is 10.0. The largest absolute Gasteiger partial charge is 0.497 e. The van der Waals surface area contributed by atoms with Crippen LogP contribution in [0.4, 0.5) is 0 Å². The zero-order valence-electron chi connectivity index (χ0n) is 13.7. The van der Waals surface area contributed by atoms with Crippen molar-refractivity contribution >= 4 is 38.9 Å². The van der Waals surface area contributed by atoms with Crippen molar-refractivity contribution in [1.82, 2.24) is 4.90 Å². The standard InChI is InChI=1S/C17H21ClN2O2S/c1-19-8-6-11(7-9-19)20(2)17(21)16-15(18)13-5-4-12(22-3)10-14(13)23-16/h4-5,10-11H,6-9H2,1-3H3/p+1. The van der Waals surface area contributed by atoms with Crippen LogP contribution in [-0.2, 0) is 0 Å². The lowest BCUT2D eigenvalue weighted by Gasteiger charge is -2.33. The molecule has 0 radical (unpaired) electrons.